The lowest BCUT2D eigenvalue weighted by atomic mass is 9.67. The van der Waals surface area contributed by atoms with E-state index >= 15 is 0 Å². The predicted octanol–water partition coefficient (Wildman–Crippen LogP) is 3.04. The van der Waals surface area contributed by atoms with Gasteiger partial charge >= 0.3 is 0 Å². The Morgan fingerprint density at radius 3 is 2.30 bits per heavy atom. The second-order valence-electron chi connectivity index (χ2n) is 6.13. The standard InChI is InChI=1S/C17H21NO2/c1-18(15-8-3-2-4-9-15)17(20)14-10-12-6-5-7-13(11-14)16(12)19/h2-4,8-9,12-14H,5-7,10-11H2,1H3/t12-,13+,14?. The van der Waals surface area contributed by atoms with Crippen LogP contribution in [0.3, 0.4) is 0 Å². The fraction of sp³-hybridized carbons (Fsp3) is 0.529. The van der Waals surface area contributed by atoms with Crippen molar-refractivity contribution in [3.8, 4) is 0 Å². The molecule has 2 fully saturated rings. The SMILES string of the molecule is CN(C(=O)C1C[C@H]2CCC[C@@H](C1)C2=O)c1ccccc1. The number of hydrogen-bond acceptors (Lipinski definition) is 2. The lowest BCUT2D eigenvalue weighted by molar-refractivity contribution is -0.136. The highest BCUT2D eigenvalue weighted by Gasteiger charge is 2.41. The van der Waals surface area contributed by atoms with Crippen molar-refractivity contribution in [3.05, 3.63) is 30.3 Å². The van der Waals surface area contributed by atoms with E-state index in [9.17, 15) is 9.59 Å². The van der Waals surface area contributed by atoms with Crippen LogP contribution in [0.2, 0.25) is 0 Å². The summed E-state index contributed by atoms with van der Waals surface area (Å²) in [5.41, 5.74) is 0.930. The van der Waals surface area contributed by atoms with E-state index in [1.807, 2.05) is 37.4 Å². The highest BCUT2D eigenvalue weighted by Crippen LogP contribution is 2.40. The van der Waals surface area contributed by atoms with Gasteiger partial charge < -0.3 is 4.90 Å². The van der Waals surface area contributed by atoms with Crippen molar-refractivity contribution in [2.45, 2.75) is 32.1 Å². The number of ketones is 1. The summed E-state index contributed by atoms with van der Waals surface area (Å²) >= 11 is 0. The van der Waals surface area contributed by atoms with E-state index in [0.29, 0.717) is 5.78 Å². The van der Waals surface area contributed by atoms with Crippen LogP contribution in [0.15, 0.2) is 30.3 Å². The summed E-state index contributed by atoms with van der Waals surface area (Å²) in [7, 11) is 1.84. The van der Waals surface area contributed by atoms with Gasteiger partial charge in [0.1, 0.15) is 5.78 Å². The van der Waals surface area contributed by atoms with Crippen molar-refractivity contribution >= 4 is 17.4 Å². The van der Waals surface area contributed by atoms with Gasteiger partial charge in [0.15, 0.2) is 0 Å². The van der Waals surface area contributed by atoms with Crippen LogP contribution in [0.25, 0.3) is 0 Å². The summed E-state index contributed by atoms with van der Waals surface area (Å²) in [4.78, 5) is 26.5. The maximum atomic E-state index is 12.7. The molecule has 1 unspecified atom stereocenters. The first-order chi connectivity index (χ1) is 9.66. The molecule has 0 aliphatic heterocycles. The zero-order valence-electron chi connectivity index (χ0n) is 11.9. The first-order valence-corrected chi connectivity index (χ1v) is 7.53. The molecule has 20 heavy (non-hydrogen) atoms. The number of hydrogen-bond donors (Lipinski definition) is 0. The molecule has 1 amide bonds. The second kappa shape index (κ2) is 5.39. The molecule has 1 aromatic rings. The summed E-state index contributed by atoms with van der Waals surface area (Å²) in [5, 5.41) is 0. The van der Waals surface area contributed by atoms with Gasteiger partial charge in [0.05, 0.1) is 0 Å². The normalized spacial score (nSPS) is 29.1. The molecule has 2 aliphatic carbocycles. The molecular formula is C17H21NO2. The first-order valence-electron chi connectivity index (χ1n) is 7.53. The molecule has 0 N–H and O–H groups in total. The zero-order valence-corrected chi connectivity index (χ0v) is 11.9. The van der Waals surface area contributed by atoms with Crippen LogP contribution in [0.1, 0.15) is 32.1 Å². The molecule has 0 spiro atoms. The summed E-state index contributed by atoms with van der Waals surface area (Å²) < 4.78 is 0. The van der Waals surface area contributed by atoms with Gasteiger partial charge in [0, 0.05) is 30.5 Å². The molecule has 1 aromatic carbocycles. The van der Waals surface area contributed by atoms with E-state index in [4.69, 9.17) is 0 Å². The van der Waals surface area contributed by atoms with Crippen molar-refractivity contribution in [1.82, 2.24) is 0 Å². The minimum Gasteiger partial charge on any atom is -0.315 e. The Morgan fingerprint density at radius 2 is 1.70 bits per heavy atom. The molecule has 0 radical (unpaired) electrons. The number of para-hydroxylation sites is 1. The number of benzene rings is 1. The summed E-state index contributed by atoms with van der Waals surface area (Å²) in [6.45, 7) is 0. The highest BCUT2D eigenvalue weighted by atomic mass is 16.2. The van der Waals surface area contributed by atoms with Gasteiger partial charge in [0.2, 0.25) is 5.91 Å². The minimum absolute atomic E-state index is 0.0215. The molecular weight excluding hydrogens is 250 g/mol. The Hall–Kier alpha value is -1.64. The second-order valence-corrected chi connectivity index (χ2v) is 6.13. The molecule has 0 aromatic heterocycles. The Balaban J connectivity index is 1.73. The Morgan fingerprint density at radius 1 is 1.10 bits per heavy atom. The summed E-state index contributed by atoms with van der Waals surface area (Å²) in [6.07, 6.45) is 4.62. The maximum absolute atomic E-state index is 12.7. The van der Waals surface area contributed by atoms with Gasteiger partial charge in [-0.3, -0.25) is 9.59 Å². The minimum atomic E-state index is 0.0215. The number of amides is 1. The van der Waals surface area contributed by atoms with Crippen molar-refractivity contribution in [2.24, 2.45) is 17.8 Å². The van der Waals surface area contributed by atoms with Gasteiger partial charge in [-0.1, -0.05) is 24.6 Å². The van der Waals surface area contributed by atoms with Gasteiger partial charge in [-0.25, -0.2) is 0 Å². The fourth-order valence-corrected chi connectivity index (χ4v) is 3.73. The fourth-order valence-electron chi connectivity index (χ4n) is 3.73. The van der Waals surface area contributed by atoms with E-state index in [0.717, 1.165) is 37.8 Å². The largest absolute Gasteiger partial charge is 0.315 e. The molecule has 3 rings (SSSR count). The van der Waals surface area contributed by atoms with Crippen LogP contribution in [-0.2, 0) is 9.59 Å². The van der Waals surface area contributed by atoms with Gasteiger partial charge in [-0.15, -0.1) is 0 Å². The lowest BCUT2D eigenvalue weighted by Gasteiger charge is -2.38. The smallest absolute Gasteiger partial charge is 0.229 e. The Kier molecular flexibility index (Phi) is 3.60. The van der Waals surface area contributed by atoms with Crippen molar-refractivity contribution < 1.29 is 9.59 Å². The van der Waals surface area contributed by atoms with Gasteiger partial charge in [-0.2, -0.15) is 0 Å². The van der Waals surface area contributed by atoms with Crippen molar-refractivity contribution in [3.63, 3.8) is 0 Å². The molecule has 3 heteroatoms. The summed E-state index contributed by atoms with van der Waals surface area (Å²) in [5.74, 6) is 0.887. The molecule has 0 saturated heterocycles. The molecule has 0 heterocycles. The Bertz CT molecular complexity index is 495. The maximum Gasteiger partial charge on any atom is 0.229 e. The average Bonchev–Trinajstić information content (AvgIpc) is 2.46. The van der Waals surface area contributed by atoms with Crippen LogP contribution < -0.4 is 4.90 Å². The van der Waals surface area contributed by atoms with E-state index in [1.54, 1.807) is 4.90 Å². The average molecular weight is 271 g/mol. The van der Waals surface area contributed by atoms with E-state index < -0.39 is 0 Å². The van der Waals surface area contributed by atoms with Gasteiger partial charge in [-0.05, 0) is 37.8 Å². The van der Waals surface area contributed by atoms with Crippen LogP contribution >= 0.6 is 0 Å². The molecule has 106 valence electrons. The van der Waals surface area contributed by atoms with Crippen LogP contribution in [0, 0.1) is 17.8 Å². The van der Waals surface area contributed by atoms with Crippen LogP contribution in [0.5, 0.6) is 0 Å². The van der Waals surface area contributed by atoms with Crippen molar-refractivity contribution in [2.75, 3.05) is 11.9 Å². The van der Waals surface area contributed by atoms with E-state index in [1.165, 1.54) is 0 Å². The third-order valence-electron chi connectivity index (χ3n) is 4.87. The van der Waals surface area contributed by atoms with Crippen LogP contribution in [-0.4, -0.2) is 18.7 Å². The third-order valence-corrected chi connectivity index (χ3v) is 4.87. The topological polar surface area (TPSA) is 37.4 Å². The van der Waals surface area contributed by atoms with E-state index in [-0.39, 0.29) is 23.7 Å². The molecule has 2 bridgehead atoms. The number of nitrogens with zero attached hydrogens (tertiary/aromatic N) is 1. The van der Waals surface area contributed by atoms with Crippen molar-refractivity contribution in [1.29, 1.82) is 0 Å². The molecule has 3 nitrogen and oxygen atoms in total. The lowest BCUT2D eigenvalue weighted by Crippen LogP contribution is -2.43. The highest BCUT2D eigenvalue weighted by molar-refractivity contribution is 5.96. The number of Topliss-reactive ketones (excluding diaryl/α,β-unsaturated/α-hetero) is 1. The number of carbonyl (C=O) groups is 2. The quantitative estimate of drug-likeness (QED) is 0.829. The first kappa shape index (κ1) is 13.3. The number of fused-ring (bicyclic) bond motifs is 2. The predicted molar refractivity (Wildman–Crippen MR) is 78.4 cm³/mol. The van der Waals surface area contributed by atoms with Gasteiger partial charge in [0.25, 0.3) is 0 Å². The monoisotopic (exact) mass is 271 g/mol. The third kappa shape index (κ3) is 2.37. The van der Waals surface area contributed by atoms with E-state index in [2.05, 4.69) is 0 Å². The zero-order chi connectivity index (χ0) is 14.1. The Labute approximate surface area is 120 Å². The molecule has 3 atom stereocenters. The number of carbonyl (C=O) groups excluding carboxylic acids is 2. The molecule has 2 saturated carbocycles. The van der Waals surface area contributed by atoms with Crippen LogP contribution in [0.4, 0.5) is 5.69 Å². The number of rotatable bonds is 2. The summed E-state index contributed by atoms with van der Waals surface area (Å²) in [6, 6.07) is 9.74. The number of anilines is 1. The molecule has 2 aliphatic rings.